The van der Waals surface area contributed by atoms with Crippen molar-refractivity contribution in [3.8, 4) is 5.75 Å². The second kappa shape index (κ2) is 11.1. The van der Waals surface area contributed by atoms with E-state index in [9.17, 15) is 0 Å². The predicted octanol–water partition coefficient (Wildman–Crippen LogP) is 6.80. The fourth-order valence-electron chi connectivity index (χ4n) is 4.70. The molecule has 1 saturated heterocycles. The maximum absolute atomic E-state index is 6.50. The van der Waals surface area contributed by atoms with Crippen LogP contribution in [0.5, 0.6) is 5.75 Å². The van der Waals surface area contributed by atoms with E-state index in [0.717, 1.165) is 12.3 Å². The Morgan fingerprint density at radius 1 is 0.853 bits per heavy atom. The maximum Gasteiger partial charge on any atom is 0.130 e. The average molecular weight is 474 g/mol. The molecule has 0 aromatic heterocycles. The molecule has 2 nitrogen and oxygen atoms in total. The van der Waals surface area contributed by atoms with Gasteiger partial charge in [-0.05, 0) is 78.8 Å². The quantitative estimate of drug-likeness (QED) is 0.350. The van der Waals surface area contributed by atoms with E-state index in [1.807, 2.05) is 0 Å². The zero-order valence-electron chi connectivity index (χ0n) is 21.6. The number of hydrogen-bond acceptors (Lipinski definition) is 2. The molecular weight excluding hydrogens is 433 g/mol. The van der Waals surface area contributed by atoms with Crippen molar-refractivity contribution in [2.24, 2.45) is 0 Å². The van der Waals surface area contributed by atoms with Gasteiger partial charge in [0.05, 0.1) is 0 Å². The van der Waals surface area contributed by atoms with E-state index in [1.54, 1.807) is 0 Å². The lowest BCUT2D eigenvalue weighted by molar-refractivity contribution is 0.221. The summed E-state index contributed by atoms with van der Waals surface area (Å²) in [7, 11) is 0.579. The van der Waals surface area contributed by atoms with Crippen molar-refractivity contribution >= 4 is 19.2 Å². The van der Waals surface area contributed by atoms with Gasteiger partial charge in [0.1, 0.15) is 12.4 Å². The van der Waals surface area contributed by atoms with Gasteiger partial charge in [-0.2, -0.15) is 0 Å². The average Bonchev–Trinajstić information content (AvgIpc) is 2.81. The van der Waals surface area contributed by atoms with Gasteiger partial charge in [-0.25, -0.2) is 0 Å². The van der Waals surface area contributed by atoms with Crippen LogP contribution in [0.2, 0.25) is 0 Å². The highest BCUT2D eigenvalue weighted by Gasteiger charge is 2.20. The van der Waals surface area contributed by atoms with Gasteiger partial charge in [0.2, 0.25) is 0 Å². The van der Waals surface area contributed by atoms with Crippen LogP contribution >= 0.6 is 8.58 Å². The highest BCUT2D eigenvalue weighted by atomic mass is 31.1. The summed E-state index contributed by atoms with van der Waals surface area (Å²) in [5.74, 6) is 1.06. The molecule has 0 bridgehead atoms. The monoisotopic (exact) mass is 473 g/mol. The third-order valence-electron chi connectivity index (χ3n) is 6.74. The molecule has 0 N–H and O–H groups in total. The van der Waals surface area contributed by atoms with Crippen LogP contribution in [0.15, 0.2) is 60.7 Å². The Hall–Kier alpha value is -2.15. The van der Waals surface area contributed by atoms with Crippen LogP contribution in [0.3, 0.4) is 0 Å². The largest absolute Gasteiger partial charge is 0.488 e. The normalized spacial score (nSPS) is 15.2. The number of likely N-dealkylation sites (tertiary alicyclic amines) is 1. The minimum Gasteiger partial charge on any atom is -0.488 e. The van der Waals surface area contributed by atoms with Gasteiger partial charge in [-0.3, -0.25) is 4.90 Å². The van der Waals surface area contributed by atoms with Gasteiger partial charge < -0.3 is 4.74 Å². The van der Waals surface area contributed by atoms with E-state index >= 15 is 0 Å². The summed E-state index contributed by atoms with van der Waals surface area (Å²) in [6, 6.07) is 22.2. The fraction of sp³-hybridized carbons (Fsp3) is 0.419. The lowest BCUT2D eigenvalue weighted by Crippen LogP contribution is -2.31. The third kappa shape index (κ3) is 6.49. The molecule has 34 heavy (non-hydrogen) atoms. The highest BCUT2D eigenvalue weighted by Crippen LogP contribution is 2.32. The number of rotatable bonds is 7. The first kappa shape index (κ1) is 25.0. The molecule has 1 atom stereocenters. The second-order valence-electron chi connectivity index (χ2n) is 10.8. The first-order valence-electron chi connectivity index (χ1n) is 12.7. The summed E-state index contributed by atoms with van der Waals surface area (Å²) in [4.78, 5) is 2.63. The van der Waals surface area contributed by atoms with E-state index < -0.39 is 0 Å². The summed E-state index contributed by atoms with van der Waals surface area (Å²) < 4.78 is 6.50. The molecule has 3 aromatic carbocycles. The van der Waals surface area contributed by atoms with Crippen LogP contribution in [-0.2, 0) is 18.6 Å². The van der Waals surface area contributed by atoms with Crippen molar-refractivity contribution in [1.82, 2.24) is 4.90 Å². The van der Waals surface area contributed by atoms with Gasteiger partial charge in [0.15, 0.2) is 0 Å². The van der Waals surface area contributed by atoms with Crippen molar-refractivity contribution in [2.75, 3.05) is 13.1 Å². The van der Waals surface area contributed by atoms with Gasteiger partial charge in [0.25, 0.3) is 0 Å². The molecule has 1 aliphatic heterocycles. The van der Waals surface area contributed by atoms with Crippen LogP contribution in [0.4, 0.5) is 0 Å². The molecule has 0 aliphatic carbocycles. The van der Waals surface area contributed by atoms with Gasteiger partial charge in [-0.1, -0.05) is 95.9 Å². The summed E-state index contributed by atoms with van der Waals surface area (Å²) in [6.45, 7) is 15.4. The molecule has 0 saturated carbocycles. The van der Waals surface area contributed by atoms with Crippen LogP contribution in [0.25, 0.3) is 0 Å². The first-order chi connectivity index (χ1) is 16.3. The molecule has 4 rings (SSSR count). The molecule has 1 heterocycles. The SMILES string of the molecule is Cc1ccc(Pc2cc(C(C)(C)C)cc(C)c2OCc2ccccc2)c(CN2CCCCC2)c1. The first-order valence-corrected chi connectivity index (χ1v) is 13.7. The molecule has 180 valence electrons. The Bertz CT molecular complexity index is 1090. The fourth-order valence-corrected chi connectivity index (χ4v) is 6.08. The summed E-state index contributed by atoms with van der Waals surface area (Å²) >= 11 is 0. The number of piperidine rings is 1. The lowest BCUT2D eigenvalue weighted by Gasteiger charge is -2.28. The third-order valence-corrected chi connectivity index (χ3v) is 8.14. The topological polar surface area (TPSA) is 12.5 Å². The van der Waals surface area contributed by atoms with E-state index in [4.69, 9.17) is 4.74 Å². The predicted molar refractivity (Wildman–Crippen MR) is 149 cm³/mol. The second-order valence-corrected chi connectivity index (χ2v) is 12.1. The minimum atomic E-state index is 0.103. The number of aryl methyl sites for hydroxylation is 2. The maximum atomic E-state index is 6.50. The molecular formula is C31H40NOP. The molecule has 3 aromatic rings. The minimum absolute atomic E-state index is 0.103. The Morgan fingerprint density at radius 2 is 1.59 bits per heavy atom. The Labute approximate surface area is 208 Å². The van der Waals surface area contributed by atoms with Crippen molar-refractivity contribution in [3.63, 3.8) is 0 Å². The zero-order valence-corrected chi connectivity index (χ0v) is 22.6. The van der Waals surface area contributed by atoms with E-state index in [2.05, 4.69) is 100 Å². The van der Waals surface area contributed by atoms with Crippen molar-refractivity contribution < 1.29 is 4.74 Å². The van der Waals surface area contributed by atoms with Gasteiger partial charge >= 0.3 is 0 Å². The highest BCUT2D eigenvalue weighted by molar-refractivity contribution is 7.55. The summed E-state index contributed by atoms with van der Waals surface area (Å²) in [5, 5.41) is 2.77. The Balaban J connectivity index is 1.67. The lowest BCUT2D eigenvalue weighted by atomic mass is 9.86. The zero-order chi connectivity index (χ0) is 24.1. The molecule has 3 heteroatoms. The van der Waals surface area contributed by atoms with Crippen LogP contribution in [-0.4, -0.2) is 18.0 Å². The van der Waals surface area contributed by atoms with Crippen LogP contribution in [0, 0.1) is 13.8 Å². The van der Waals surface area contributed by atoms with Crippen LogP contribution in [0.1, 0.15) is 67.9 Å². The van der Waals surface area contributed by atoms with Gasteiger partial charge in [-0.15, -0.1) is 0 Å². The molecule has 0 spiro atoms. The Morgan fingerprint density at radius 3 is 2.29 bits per heavy atom. The summed E-state index contributed by atoms with van der Waals surface area (Å²) in [6.07, 6.45) is 4.03. The smallest absolute Gasteiger partial charge is 0.130 e. The number of benzene rings is 3. The molecule has 0 amide bonds. The Kier molecular flexibility index (Phi) is 8.12. The van der Waals surface area contributed by atoms with E-state index in [1.165, 1.54) is 70.8 Å². The standard InChI is InChI=1S/C31H40NOP/c1-23-14-15-28(26(18-23)21-32-16-10-7-11-17-32)34-29-20-27(31(3,4)5)19-24(2)30(29)33-22-25-12-8-6-9-13-25/h6,8-9,12-15,18-20,34H,7,10-11,16-17,21-22H2,1-5H3. The molecule has 0 radical (unpaired) electrons. The summed E-state index contributed by atoms with van der Waals surface area (Å²) in [5.41, 5.74) is 6.75. The van der Waals surface area contributed by atoms with Crippen molar-refractivity contribution in [2.45, 2.75) is 72.4 Å². The number of ether oxygens (including phenoxy) is 1. The molecule has 1 fully saturated rings. The van der Waals surface area contributed by atoms with Crippen molar-refractivity contribution in [3.05, 3.63) is 88.5 Å². The van der Waals surface area contributed by atoms with Gasteiger partial charge in [0, 0.05) is 11.8 Å². The number of nitrogens with zero attached hydrogens (tertiary/aromatic N) is 1. The number of hydrogen-bond donors (Lipinski definition) is 0. The van der Waals surface area contributed by atoms with Crippen LogP contribution < -0.4 is 15.3 Å². The molecule has 1 unspecified atom stereocenters. The van der Waals surface area contributed by atoms with E-state index in [-0.39, 0.29) is 5.41 Å². The molecule has 1 aliphatic rings. The van der Waals surface area contributed by atoms with E-state index in [0.29, 0.717) is 15.2 Å². The van der Waals surface area contributed by atoms with Crippen molar-refractivity contribution in [1.29, 1.82) is 0 Å².